The number of rotatable bonds is 4. The zero-order chi connectivity index (χ0) is 18.4. The molecule has 0 spiro atoms. The van der Waals surface area contributed by atoms with Crippen LogP contribution >= 0.6 is 23.2 Å². The molecule has 1 saturated carbocycles. The van der Waals surface area contributed by atoms with Gasteiger partial charge in [0.25, 0.3) is 0 Å². The Morgan fingerprint density at radius 1 is 1.12 bits per heavy atom. The fraction of sp³-hybridized carbons (Fsp3) is 0.471. The maximum absolute atomic E-state index is 14.0. The van der Waals surface area contributed by atoms with E-state index in [4.69, 9.17) is 27.9 Å². The van der Waals surface area contributed by atoms with E-state index in [1.807, 2.05) is 13.8 Å². The third-order valence-electron chi connectivity index (χ3n) is 4.73. The standard InChI is InChI=1S/C17H17Cl2F3O2/c1-7-9(15(22)14(21)8(2)13(7)20)6-24-16(23)12-10(5-11(18)19)17(12,3)4/h5,10,12H,6H2,1-4H3/t10-,12+/m1/s1. The van der Waals surface area contributed by atoms with Crippen LogP contribution in [-0.4, -0.2) is 5.97 Å². The van der Waals surface area contributed by atoms with E-state index < -0.39 is 46.9 Å². The molecule has 0 aliphatic heterocycles. The van der Waals surface area contributed by atoms with Crippen molar-refractivity contribution in [2.24, 2.45) is 17.3 Å². The minimum Gasteiger partial charge on any atom is -0.460 e. The van der Waals surface area contributed by atoms with Crippen LogP contribution in [0.4, 0.5) is 13.2 Å². The minimum absolute atomic E-state index is 0.0490. The van der Waals surface area contributed by atoms with Crippen LogP contribution in [0, 0.1) is 48.5 Å². The van der Waals surface area contributed by atoms with Gasteiger partial charge >= 0.3 is 5.97 Å². The lowest BCUT2D eigenvalue weighted by molar-refractivity contribution is -0.147. The van der Waals surface area contributed by atoms with Crippen LogP contribution in [-0.2, 0) is 16.1 Å². The van der Waals surface area contributed by atoms with Gasteiger partial charge in [-0.25, -0.2) is 13.2 Å². The third kappa shape index (κ3) is 3.29. The number of allylic oxidation sites excluding steroid dienone is 1. The SMILES string of the molecule is Cc1c(F)c(C)c(COC(=O)[C@@H]2[C@@H](C=C(Cl)Cl)C2(C)C)c(F)c1F. The van der Waals surface area contributed by atoms with Gasteiger partial charge < -0.3 is 4.74 Å². The van der Waals surface area contributed by atoms with Gasteiger partial charge in [0, 0.05) is 11.1 Å². The number of halogens is 5. The largest absolute Gasteiger partial charge is 0.460 e. The van der Waals surface area contributed by atoms with Gasteiger partial charge in [0.05, 0.1) is 5.92 Å². The molecule has 1 aliphatic carbocycles. The predicted molar refractivity (Wildman–Crippen MR) is 86.1 cm³/mol. The summed E-state index contributed by atoms with van der Waals surface area (Å²) in [5, 5.41) is 0. The van der Waals surface area contributed by atoms with Gasteiger partial charge in [-0.15, -0.1) is 0 Å². The lowest BCUT2D eigenvalue weighted by Gasteiger charge is -2.13. The van der Waals surface area contributed by atoms with Crippen molar-refractivity contribution in [3.63, 3.8) is 0 Å². The summed E-state index contributed by atoms with van der Waals surface area (Å²) >= 11 is 11.2. The number of carbonyl (C=O) groups is 1. The first-order valence-electron chi connectivity index (χ1n) is 7.32. The van der Waals surface area contributed by atoms with Crippen LogP contribution in [0.2, 0.25) is 0 Å². The molecule has 1 aromatic carbocycles. The van der Waals surface area contributed by atoms with Crippen molar-refractivity contribution < 1.29 is 22.7 Å². The molecular formula is C17H17Cl2F3O2. The molecular weight excluding hydrogens is 364 g/mol. The summed E-state index contributed by atoms with van der Waals surface area (Å²) in [6.07, 6.45) is 1.55. The first-order chi connectivity index (χ1) is 11.0. The molecule has 1 aliphatic rings. The molecule has 1 aromatic rings. The zero-order valence-electron chi connectivity index (χ0n) is 13.6. The molecule has 0 aromatic heterocycles. The number of esters is 1. The summed E-state index contributed by atoms with van der Waals surface area (Å²) in [6, 6.07) is 0. The van der Waals surface area contributed by atoms with Crippen LogP contribution in [0.15, 0.2) is 10.6 Å². The molecule has 132 valence electrons. The number of benzene rings is 1. The van der Waals surface area contributed by atoms with E-state index in [1.54, 1.807) is 6.08 Å². The second kappa shape index (κ2) is 6.60. The Hall–Kier alpha value is -1.20. The molecule has 0 heterocycles. The lowest BCUT2D eigenvalue weighted by atomic mass is 10.0. The molecule has 2 nitrogen and oxygen atoms in total. The Bertz CT molecular complexity index is 696. The Labute approximate surface area is 148 Å². The molecule has 1 fully saturated rings. The molecule has 2 rings (SSSR count). The van der Waals surface area contributed by atoms with Gasteiger partial charge in [0.2, 0.25) is 0 Å². The molecule has 2 atom stereocenters. The summed E-state index contributed by atoms with van der Waals surface area (Å²) in [5.41, 5.74) is -1.17. The van der Waals surface area contributed by atoms with E-state index in [0.717, 1.165) is 6.92 Å². The summed E-state index contributed by atoms with van der Waals surface area (Å²) in [4.78, 5) is 12.2. The third-order valence-corrected chi connectivity index (χ3v) is 4.98. The minimum atomic E-state index is -1.27. The highest BCUT2D eigenvalue weighted by molar-refractivity contribution is 6.55. The molecule has 0 unspecified atom stereocenters. The summed E-state index contributed by atoms with van der Waals surface area (Å²) in [7, 11) is 0. The van der Waals surface area contributed by atoms with Crippen molar-refractivity contribution in [3.05, 3.63) is 44.7 Å². The number of hydrogen-bond acceptors (Lipinski definition) is 2. The highest BCUT2D eigenvalue weighted by Crippen LogP contribution is 2.60. The predicted octanol–water partition coefficient (Wildman–Crippen LogP) is 5.36. The van der Waals surface area contributed by atoms with E-state index in [2.05, 4.69) is 0 Å². The highest BCUT2D eigenvalue weighted by atomic mass is 35.5. The van der Waals surface area contributed by atoms with Gasteiger partial charge in [-0.3, -0.25) is 4.79 Å². The molecule has 0 amide bonds. The summed E-state index contributed by atoms with van der Waals surface area (Å²) < 4.78 is 46.7. The van der Waals surface area contributed by atoms with E-state index in [-0.39, 0.29) is 21.5 Å². The van der Waals surface area contributed by atoms with Crippen molar-refractivity contribution in [1.82, 2.24) is 0 Å². The zero-order valence-corrected chi connectivity index (χ0v) is 15.2. The van der Waals surface area contributed by atoms with Gasteiger partial charge in [-0.1, -0.05) is 37.0 Å². The Balaban J connectivity index is 2.16. The van der Waals surface area contributed by atoms with E-state index >= 15 is 0 Å². The smallest absolute Gasteiger partial charge is 0.310 e. The van der Waals surface area contributed by atoms with Crippen molar-refractivity contribution in [2.45, 2.75) is 34.3 Å². The van der Waals surface area contributed by atoms with Crippen molar-refractivity contribution in [2.75, 3.05) is 0 Å². The van der Waals surface area contributed by atoms with Crippen molar-refractivity contribution in [1.29, 1.82) is 0 Å². The summed E-state index contributed by atoms with van der Waals surface area (Å²) in [5.74, 6) is -4.60. The van der Waals surface area contributed by atoms with Crippen LogP contribution < -0.4 is 0 Å². The van der Waals surface area contributed by atoms with Gasteiger partial charge in [0.1, 0.15) is 16.9 Å². The number of carbonyl (C=O) groups excluding carboxylic acids is 1. The van der Waals surface area contributed by atoms with Gasteiger partial charge in [-0.2, -0.15) is 0 Å². The molecule has 0 bridgehead atoms. The molecule has 0 saturated heterocycles. The van der Waals surface area contributed by atoms with E-state index in [9.17, 15) is 18.0 Å². The van der Waals surface area contributed by atoms with Crippen LogP contribution in [0.3, 0.4) is 0 Å². The first kappa shape index (κ1) is 19.1. The number of ether oxygens (including phenoxy) is 1. The molecule has 7 heteroatoms. The second-order valence-electron chi connectivity index (χ2n) is 6.56. The van der Waals surface area contributed by atoms with E-state index in [1.165, 1.54) is 6.92 Å². The van der Waals surface area contributed by atoms with Crippen molar-refractivity contribution >= 4 is 29.2 Å². The fourth-order valence-corrected chi connectivity index (χ4v) is 3.22. The highest BCUT2D eigenvalue weighted by Gasteiger charge is 2.61. The average Bonchev–Trinajstić information content (AvgIpc) is 3.02. The maximum atomic E-state index is 14.0. The Kier molecular flexibility index (Phi) is 5.26. The number of hydrogen-bond donors (Lipinski definition) is 0. The summed E-state index contributed by atoms with van der Waals surface area (Å²) in [6.45, 7) is 5.61. The van der Waals surface area contributed by atoms with Gasteiger partial charge in [-0.05, 0) is 36.8 Å². The van der Waals surface area contributed by atoms with Crippen LogP contribution in [0.25, 0.3) is 0 Å². The van der Waals surface area contributed by atoms with Gasteiger partial charge in [0.15, 0.2) is 11.6 Å². The average molecular weight is 381 g/mol. The molecule has 0 N–H and O–H groups in total. The topological polar surface area (TPSA) is 26.3 Å². The quantitative estimate of drug-likeness (QED) is 0.519. The van der Waals surface area contributed by atoms with E-state index in [0.29, 0.717) is 0 Å². The lowest BCUT2D eigenvalue weighted by Crippen LogP contribution is -2.13. The second-order valence-corrected chi connectivity index (χ2v) is 7.57. The molecule has 0 radical (unpaired) electrons. The Morgan fingerprint density at radius 2 is 1.71 bits per heavy atom. The molecule has 24 heavy (non-hydrogen) atoms. The van der Waals surface area contributed by atoms with Crippen LogP contribution in [0.1, 0.15) is 30.5 Å². The van der Waals surface area contributed by atoms with Crippen molar-refractivity contribution in [3.8, 4) is 0 Å². The van der Waals surface area contributed by atoms with Crippen LogP contribution in [0.5, 0.6) is 0 Å². The monoisotopic (exact) mass is 380 g/mol. The normalized spacial score (nSPS) is 21.4. The maximum Gasteiger partial charge on any atom is 0.310 e. The fourth-order valence-electron chi connectivity index (χ4n) is 2.95. The Morgan fingerprint density at radius 3 is 2.25 bits per heavy atom. The first-order valence-corrected chi connectivity index (χ1v) is 8.07.